The molecule has 0 aliphatic carbocycles. The van der Waals surface area contributed by atoms with E-state index >= 15 is 0 Å². The number of carboxylic acid groups (broad SMARTS) is 1. The van der Waals surface area contributed by atoms with Gasteiger partial charge in [-0.1, -0.05) is 12.1 Å². The van der Waals surface area contributed by atoms with Crippen LogP contribution >= 0.6 is 12.6 Å². The Morgan fingerprint density at radius 3 is 2.44 bits per heavy atom. The zero-order valence-corrected chi connectivity index (χ0v) is 20.4. The van der Waals surface area contributed by atoms with E-state index in [1.165, 1.54) is 23.4 Å². The van der Waals surface area contributed by atoms with Gasteiger partial charge in [0.1, 0.15) is 23.9 Å². The number of imidazole rings is 1. The van der Waals surface area contributed by atoms with Gasteiger partial charge in [0.25, 0.3) is 0 Å². The molecule has 4 atom stereocenters. The lowest BCUT2D eigenvalue weighted by Gasteiger charge is -2.28. The van der Waals surface area contributed by atoms with Crippen LogP contribution in [0.2, 0.25) is 0 Å². The number of phenolic OH excluding ortho intramolecular Hbond substituents is 1. The van der Waals surface area contributed by atoms with Crippen LogP contribution in [-0.2, 0) is 32.0 Å². The molecule has 1 aliphatic rings. The van der Waals surface area contributed by atoms with Crippen LogP contribution in [0, 0.1) is 0 Å². The first-order valence-electron chi connectivity index (χ1n) is 11.4. The molecule has 1 aliphatic heterocycles. The van der Waals surface area contributed by atoms with E-state index in [-0.39, 0.29) is 30.9 Å². The van der Waals surface area contributed by atoms with Gasteiger partial charge in [0.2, 0.25) is 17.7 Å². The number of benzene rings is 1. The van der Waals surface area contributed by atoms with Crippen molar-refractivity contribution < 1.29 is 29.4 Å². The minimum atomic E-state index is -1.10. The molecule has 13 heteroatoms. The fraction of sp³-hybridized carbons (Fsp3) is 0.435. The summed E-state index contributed by atoms with van der Waals surface area (Å²) in [6, 6.07) is 2.02. The van der Waals surface area contributed by atoms with Gasteiger partial charge in [0.15, 0.2) is 0 Å². The maximum absolute atomic E-state index is 13.2. The average molecular weight is 519 g/mol. The summed E-state index contributed by atoms with van der Waals surface area (Å²) in [5, 5.41) is 24.2. The quantitative estimate of drug-likeness (QED) is 0.188. The van der Waals surface area contributed by atoms with Crippen molar-refractivity contribution >= 4 is 36.3 Å². The van der Waals surface area contributed by atoms with Gasteiger partial charge in [-0.15, -0.1) is 0 Å². The maximum Gasteiger partial charge on any atom is 0.326 e. The predicted molar refractivity (Wildman–Crippen MR) is 132 cm³/mol. The van der Waals surface area contributed by atoms with Gasteiger partial charge in [-0.2, -0.15) is 12.6 Å². The number of thiol groups is 1. The van der Waals surface area contributed by atoms with E-state index in [4.69, 9.17) is 5.73 Å². The van der Waals surface area contributed by atoms with Crippen LogP contribution < -0.4 is 16.4 Å². The monoisotopic (exact) mass is 518 g/mol. The summed E-state index contributed by atoms with van der Waals surface area (Å²) in [5.41, 5.74) is 7.32. The summed E-state index contributed by atoms with van der Waals surface area (Å²) in [7, 11) is 0. The molecule has 1 saturated heterocycles. The van der Waals surface area contributed by atoms with Crippen molar-refractivity contribution in [2.75, 3.05) is 12.3 Å². The smallest absolute Gasteiger partial charge is 0.326 e. The van der Waals surface area contributed by atoms with Gasteiger partial charge in [-0.05, 0) is 30.5 Å². The number of nitrogens with zero attached hydrogens (tertiary/aromatic N) is 2. The molecule has 2 heterocycles. The molecule has 0 bridgehead atoms. The van der Waals surface area contributed by atoms with Crippen LogP contribution in [-0.4, -0.2) is 85.2 Å². The standard InChI is InChI=1S/C23H30N6O6S/c24-16(9-14-10-25-12-26-14)20(31)27-17(8-13-3-5-15(30)6-4-13)21(32)28-18(11-36)22(33)29-7-1-2-19(29)23(34)35/h3-6,10,12,16-19,30,36H,1-2,7-9,11,24H2,(H,25,26)(H,27,31)(H,28,32)(H,34,35). The van der Waals surface area contributed by atoms with Crippen LogP contribution in [0.15, 0.2) is 36.8 Å². The van der Waals surface area contributed by atoms with Crippen molar-refractivity contribution in [2.24, 2.45) is 5.73 Å². The molecule has 7 N–H and O–H groups in total. The maximum atomic E-state index is 13.2. The van der Waals surface area contributed by atoms with Crippen molar-refractivity contribution in [1.82, 2.24) is 25.5 Å². The van der Waals surface area contributed by atoms with Gasteiger partial charge in [-0.3, -0.25) is 14.4 Å². The number of nitrogens with one attached hydrogen (secondary N) is 3. The third-order valence-corrected chi connectivity index (χ3v) is 6.32. The molecular formula is C23H30N6O6S. The summed E-state index contributed by atoms with van der Waals surface area (Å²) in [4.78, 5) is 58.5. The Balaban J connectivity index is 1.73. The summed E-state index contributed by atoms with van der Waals surface area (Å²) >= 11 is 4.18. The summed E-state index contributed by atoms with van der Waals surface area (Å²) in [5.74, 6) is -2.90. The number of aromatic amines is 1. The first-order chi connectivity index (χ1) is 17.2. The second-order valence-electron chi connectivity index (χ2n) is 8.59. The zero-order chi connectivity index (χ0) is 26.2. The third-order valence-electron chi connectivity index (χ3n) is 5.96. The van der Waals surface area contributed by atoms with E-state index in [9.17, 15) is 29.4 Å². The van der Waals surface area contributed by atoms with E-state index in [1.54, 1.807) is 18.3 Å². The summed E-state index contributed by atoms with van der Waals surface area (Å²) in [6.45, 7) is 0.270. The Kier molecular flexibility index (Phi) is 9.31. The van der Waals surface area contributed by atoms with Crippen LogP contribution in [0.4, 0.5) is 0 Å². The highest BCUT2D eigenvalue weighted by molar-refractivity contribution is 7.80. The second kappa shape index (κ2) is 12.4. The van der Waals surface area contributed by atoms with Crippen LogP contribution in [0.25, 0.3) is 0 Å². The molecule has 3 rings (SSSR count). The number of aliphatic carboxylic acids is 1. The first kappa shape index (κ1) is 27.0. The lowest BCUT2D eigenvalue weighted by Crippen LogP contribution is -2.58. The molecule has 3 amide bonds. The fourth-order valence-electron chi connectivity index (χ4n) is 4.03. The molecule has 0 radical (unpaired) electrons. The van der Waals surface area contributed by atoms with E-state index in [0.717, 1.165) is 0 Å². The molecule has 36 heavy (non-hydrogen) atoms. The number of amides is 3. The van der Waals surface area contributed by atoms with Crippen LogP contribution in [0.5, 0.6) is 5.75 Å². The second-order valence-corrected chi connectivity index (χ2v) is 8.96. The largest absolute Gasteiger partial charge is 0.508 e. The van der Waals surface area contributed by atoms with Crippen LogP contribution in [0.1, 0.15) is 24.1 Å². The molecule has 2 aromatic rings. The highest BCUT2D eigenvalue weighted by Crippen LogP contribution is 2.19. The Morgan fingerprint density at radius 2 is 1.83 bits per heavy atom. The van der Waals surface area contributed by atoms with Crippen molar-refractivity contribution in [1.29, 1.82) is 0 Å². The van der Waals surface area contributed by atoms with Crippen molar-refractivity contribution in [3.05, 3.63) is 48.0 Å². The minimum Gasteiger partial charge on any atom is -0.508 e. The van der Waals surface area contributed by atoms with E-state index < -0.39 is 47.9 Å². The summed E-state index contributed by atoms with van der Waals surface area (Å²) < 4.78 is 0. The predicted octanol–water partition coefficient (Wildman–Crippen LogP) is -0.797. The number of H-pyrrole nitrogens is 1. The fourth-order valence-corrected chi connectivity index (χ4v) is 4.27. The number of nitrogens with two attached hydrogens (primary N) is 1. The average Bonchev–Trinajstić information content (AvgIpc) is 3.55. The molecule has 4 unspecified atom stereocenters. The van der Waals surface area contributed by atoms with Gasteiger partial charge >= 0.3 is 5.97 Å². The molecule has 194 valence electrons. The number of aromatic hydroxyl groups is 1. The third kappa shape index (κ3) is 6.98. The van der Waals surface area contributed by atoms with Gasteiger partial charge in [0.05, 0.1) is 12.4 Å². The van der Waals surface area contributed by atoms with E-state index in [2.05, 4.69) is 33.2 Å². The van der Waals surface area contributed by atoms with E-state index in [1.807, 2.05) is 0 Å². The molecule has 0 saturated carbocycles. The molecule has 0 spiro atoms. The highest BCUT2D eigenvalue weighted by atomic mass is 32.1. The Morgan fingerprint density at radius 1 is 1.14 bits per heavy atom. The molecular weight excluding hydrogens is 488 g/mol. The van der Waals surface area contributed by atoms with Gasteiger partial charge in [0, 0.05) is 37.0 Å². The number of aromatic nitrogens is 2. The number of hydrogen-bond donors (Lipinski definition) is 7. The Hall–Kier alpha value is -3.58. The molecule has 1 aromatic carbocycles. The number of carboxylic acids is 1. The lowest BCUT2D eigenvalue weighted by atomic mass is 10.0. The number of rotatable bonds is 11. The topological polar surface area (TPSA) is 191 Å². The van der Waals surface area contributed by atoms with Crippen molar-refractivity contribution in [3.63, 3.8) is 0 Å². The Labute approximate surface area is 213 Å². The lowest BCUT2D eigenvalue weighted by molar-refractivity contribution is -0.149. The van der Waals surface area contributed by atoms with E-state index in [0.29, 0.717) is 24.1 Å². The van der Waals surface area contributed by atoms with Crippen molar-refractivity contribution in [2.45, 2.75) is 49.9 Å². The SMILES string of the molecule is NC(Cc1cnc[nH]1)C(=O)NC(Cc1ccc(O)cc1)C(=O)NC(CS)C(=O)N1CCCC1C(=O)O. The zero-order valence-electron chi connectivity index (χ0n) is 19.5. The number of hydrogen-bond acceptors (Lipinski definition) is 8. The number of carbonyl (C=O) groups excluding carboxylic acids is 3. The number of likely N-dealkylation sites (tertiary alicyclic amines) is 1. The van der Waals surface area contributed by atoms with Crippen molar-refractivity contribution in [3.8, 4) is 5.75 Å². The van der Waals surface area contributed by atoms with Gasteiger partial charge in [-0.25, -0.2) is 9.78 Å². The summed E-state index contributed by atoms with van der Waals surface area (Å²) in [6.07, 6.45) is 4.11. The normalized spacial score (nSPS) is 17.7. The van der Waals surface area contributed by atoms with Gasteiger partial charge < -0.3 is 36.5 Å². The first-order valence-corrected chi connectivity index (χ1v) is 12.1. The molecule has 12 nitrogen and oxygen atoms in total. The minimum absolute atomic E-state index is 0.0460. The number of phenols is 1. The molecule has 1 aromatic heterocycles. The van der Waals surface area contributed by atoms with Crippen LogP contribution in [0.3, 0.4) is 0 Å². The Bertz CT molecular complexity index is 1060. The highest BCUT2D eigenvalue weighted by Gasteiger charge is 2.38. The number of carbonyl (C=O) groups is 4. The molecule has 1 fully saturated rings.